The quantitative estimate of drug-likeness (QED) is 0.672. The van der Waals surface area contributed by atoms with Crippen molar-refractivity contribution in [1.82, 2.24) is 9.57 Å². The largest absolute Gasteiger partial charge is 0.480 e. The third-order valence-corrected chi connectivity index (χ3v) is 7.45. The number of carbonyl (C=O) groups is 2. The topological polar surface area (TPSA) is 79.3 Å². The Morgan fingerprint density at radius 3 is 2.13 bits per heavy atom. The molecule has 134 valence electrons. The van der Waals surface area contributed by atoms with Gasteiger partial charge in [-0.25, -0.2) is 4.79 Å². The van der Waals surface area contributed by atoms with E-state index in [0.29, 0.717) is 13.2 Å². The molecule has 7 nitrogen and oxygen atoms in total. The number of hydrogen-bond acceptors (Lipinski definition) is 5. The van der Waals surface area contributed by atoms with Crippen molar-refractivity contribution in [2.24, 2.45) is 5.41 Å². The summed E-state index contributed by atoms with van der Waals surface area (Å²) in [6.45, 7) is 6.14. The van der Waals surface area contributed by atoms with Crippen LogP contribution in [0.4, 0.5) is 0 Å². The van der Waals surface area contributed by atoms with Crippen molar-refractivity contribution in [3.05, 3.63) is 0 Å². The molecule has 0 spiro atoms. The minimum Gasteiger partial charge on any atom is -0.480 e. The fourth-order valence-electron chi connectivity index (χ4n) is 2.68. The fraction of sp³-hybridized carbons (Fsp3) is 0.846. The molecule has 4 atom stereocenters. The van der Waals surface area contributed by atoms with Crippen LogP contribution in [0.3, 0.4) is 0 Å². The van der Waals surface area contributed by atoms with E-state index in [-0.39, 0.29) is 5.91 Å². The molecule has 1 aliphatic rings. The van der Waals surface area contributed by atoms with Gasteiger partial charge < -0.3 is 19.5 Å². The monoisotopic (exact) mass is 384 g/mol. The number of nitrogens with zero attached hydrogens (tertiary/aromatic N) is 2. The summed E-state index contributed by atoms with van der Waals surface area (Å²) in [7, 11) is 8.06. The summed E-state index contributed by atoms with van der Waals surface area (Å²) in [6.07, 6.45) is -0.646. The van der Waals surface area contributed by atoms with Gasteiger partial charge in [-0.2, -0.15) is 0 Å². The van der Waals surface area contributed by atoms with Crippen molar-refractivity contribution in [1.29, 1.82) is 0 Å². The first-order valence-corrected chi connectivity index (χ1v) is 11.8. The fourth-order valence-corrected chi connectivity index (χ4v) is 4.38. The first-order valence-electron chi connectivity index (χ1n) is 7.26. The van der Waals surface area contributed by atoms with Crippen LogP contribution in [0.5, 0.6) is 0 Å². The molecule has 0 aromatic carbocycles. The molecule has 2 unspecified atom stereocenters. The third kappa shape index (κ3) is 4.81. The normalized spacial score (nSPS) is 19.2. The van der Waals surface area contributed by atoms with E-state index in [4.69, 9.17) is 9.47 Å². The number of carbonyl (C=O) groups excluding carboxylic acids is 1. The van der Waals surface area contributed by atoms with E-state index in [0.717, 1.165) is 0 Å². The summed E-state index contributed by atoms with van der Waals surface area (Å²) >= 11 is 0. The highest BCUT2D eigenvalue weighted by Gasteiger charge is 2.48. The third-order valence-electron chi connectivity index (χ3n) is 4.19. The van der Waals surface area contributed by atoms with Crippen molar-refractivity contribution in [3.8, 4) is 0 Å². The van der Waals surface area contributed by atoms with Crippen LogP contribution >= 0.6 is 25.3 Å². The van der Waals surface area contributed by atoms with Crippen LogP contribution in [0.15, 0.2) is 0 Å². The lowest BCUT2D eigenvalue weighted by molar-refractivity contribution is -0.177. The maximum Gasteiger partial charge on any atom is 0.327 e. The highest BCUT2D eigenvalue weighted by molar-refractivity contribution is 8.42. The molecule has 0 aromatic rings. The van der Waals surface area contributed by atoms with Gasteiger partial charge >= 0.3 is 5.97 Å². The predicted octanol–water partition coefficient (Wildman–Crippen LogP) is 1.59. The van der Waals surface area contributed by atoms with Gasteiger partial charge in [-0.1, -0.05) is 31.7 Å². The summed E-state index contributed by atoms with van der Waals surface area (Å²) in [6, 6.07) is -1.47. The standard InChI is InChI=1S/C13H27N2O5P3/c1-8(15(5)23(21)22)10(16)14(4)9(11(17)18)13(2,3)12-19-6-7-20-12/h8-9,12H,6-7,21-22H2,1-5H3,(H,17,18)/t8-,9-/m1/s1. The van der Waals surface area contributed by atoms with E-state index >= 15 is 0 Å². The molecule has 1 fully saturated rings. The minimum absolute atomic E-state index is 0.247. The lowest BCUT2D eigenvalue weighted by atomic mass is 9.82. The van der Waals surface area contributed by atoms with Crippen molar-refractivity contribution in [3.63, 3.8) is 0 Å². The number of carboxylic acids is 1. The van der Waals surface area contributed by atoms with E-state index in [2.05, 4.69) is 17.9 Å². The summed E-state index contributed by atoms with van der Waals surface area (Å²) in [5.41, 5.74) is -0.877. The Balaban J connectivity index is 3.00. The van der Waals surface area contributed by atoms with Gasteiger partial charge in [-0.05, 0) is 14.0 Å². The van der Waals surface area contributed by atoms with Gasteiger partial charge in [0.2, 0.25) is 5.91 Å². The summed E-state index contributed by atoms with van der Waals surface area (Å²) < 4.78 is 12.9. The molecule has 1 rings (SSSR count). The number of likely N-dealkylation sites (N-methyl/N-ethyl adjacent to an activating group) is 2. The molecule has 1 saturated heterocycles. The Morgan fingerprint density at radius 2 is 1.74 bits per heavy atom. The van der Waals surface area contributed by atoms with Gasteiger partial charge in [0.05, 0.1) is 19.3 Å². The van der Waals surface area contributed by atoms with Crippen molar-refractivity contribution in [2.75, 3.05) is 27.3 Å². The number of carboxylic acid groups (broad SMARTS) is 1. The van der Waals surface area contributed by atoms with Crippen LogP contribution < -0.4 is 0 Å². The molecule has 0 saturated carbocycles. The molecule has 10 heteroatoms. The Labute approximate surface area is 143 Å². The number of hydrogen-bond donors (Lipinski definition) is 1. The van der Waals surface area contributed by atoms with Crippen LogP contribution in [0.25, 0.3) is 0 Å². The van der Waals surface area contributed by atoms with Crippen molar-refractivity contribution in [2.45, 2.75) is 39.1 Å². The smallest absolute Gasteiger partial charge is 0.327 e. The molecular weight excluding hydrogens is 357 g/mol. The Kier molecular flexibility index (Phi) is 7.79. The molecule has 1 N–H and O–H groups in total. The van der Waals surface area contributed by atoms with Crippen LogP contribution in [-0.2, 0) is 19.1 Å². The molecule has 0 aliphatic carbocycles. The first-order chi connectivity index (χ1) is 10.5. The molecule has 0 bridgehead atoms. The first kappa shape index (κ1) is 21.2. The molecule has 23 heavy (non-hydrogen) atoms. The zero-order valence-electron chi connectivity index (χ0n) is 14.2. The SMILES string of the molecule is C[C@H](C(=O)N(C)[C@H](C(=O)O)C(C)(C)C1OCCO1)N(C)P(P)P. The van der Waals surface area contributed by atoms with Crippen LogP contribution in [0.2, 0.25) is 0 Å². The highest BCUT2D eigenvalue weighted by atomic mass is 32.4. The Bertz CT molecular complexity index is 443. The highest BCUT2D eigenvalue weighted by Crippen LogP contribution is 2.56. The number of rotatable bonds is 7. The maximum atomic E-state index is 12.7. The van der Waals surface area contributed by atoms with Crippen LogP contribution in [-0.4, -0.2) is 72.2 Å². The second-order valence-corrected chi connectivity index (χ2v) is 12.6. The molecule has 1 aliphatic heterocycles. The van der Waals surface area contributed by atoms with E-state index in [1.165, 1.54) is 11.9 Å². The van der Waals surface area contributed by atoms with Gasteiger partial charge in [-0.3, -0.25) is 9.46 Å². The van der Waals surface area contributed by atoms with Gasteiger partial charge in [0.25, 0.3) is 0 Å². The molecule has 1 heterocycles. The van der Waals surface area contributed by atoms with E-state index in [9.17, 15) is 14.7 Å². The molecule has 1 amide bonds. The van der Waals surface area contributed by atoms with E-state index < -0.39 is 37.2 Å². The van der Waals surface area contributed by atoms with Gasteiger partial charge in [0.1, 0.15) is 6.04 Å². The second-order valence-electron chi connectivity index (χ2n) is 6.21. The molecule has 0 aromatic heterocycles. The van der Waals surface area contributed by atoms with Gasteiger partial charge in [-0.15, -0.1) is 0 Å². The van der Waals surface area contributed by atoms with Crippen molar-refractivity contribution >= 4 is 37.2 Å². The molecule has 0 radical (unpaired) electrons. The maximum absolute atomic E-state index is 12.7. The minimum atomic E-state index is -1.07. The van der Waals surface area contributed by atoms with E-state index in [1.54, 1.807) is 20.8 Å². The zero-order valence-corrected chi connectivity index (χ0v) is 17.4. The number of amides is 1. The molecular formula is C13H27N2O5P3. The van der Waals surface area contributed by atoms with Crippen LogP contribution in [0.1, 0.15) is 20.8 Å². The number of aliphatic carboxylic acids is 1. The zero-order chi connectivity index (χ0) is 17.9. The Hall–Kier alpha value is 0.110. The average molecular weight is 384 g/mol. The van der Waals surface area contributed by atoms with Gasteiger partial charge in [0.15, 0.2) is 6.29 Å². The number of ether oxygens (including phenoxy) is 2. The lowest BCUT2D eigenvalue weighted by Crippen LogP contribution is -2.58. The second kappa shape index (κ2) is 8.47. The summed E-state index contributed by atoms with van der Waals surface area (Å²) in [5, 5.41) is 9.70. The van der Waals surface area contributed by atoms with Crippen LogP contribution in [0, 0.1) is 5.41 Å². The van der Waals surface area contributed by atoms with Crippen molar-refractivity contribution < 1.29 is 24.2 Å². The predicted molar refractivity (Wildman–Crippen MR) is 97.2 cm³/mol. The Morgan fingerprint density at radius 1 is 1.26 bits per heavy atom. The summed E-state index contributed by atoms with van der Waals surface area (Å²) in [5.74, 6) is -1.32. The lowest BCUT2D eigenvalue weighted by Gasteiger charge is -2.41. The summed E-state index contributed by atoms with van der Waals surface area (Å²) in [4.78, 5) is 25.9. The average Bonchev–Trinajstić information content (AvgIpc) is 2.98. The van der Waals surface area contributed by atoms with Gasteiger partial charge in [0, 0.05) is 19.9 Å². The van der Waals surface area contributed by atoms with E-state index in [1.807, 2.05) is 11.7 Å².